The van der Waals surface area contributed by atoms with E-state index in [0.29, 0.717) is 6.04 Å². The quantitative estimate of drug-likeness (QED) is 0.502. The lowest BCUT2D eigenvalue weighted by atomic mass is 10.2. The normalized spacial score (nSPS) is 31.9. The Labute approximate surface area is 51.7 Å². The molecule has 0 unspecified atom stereocenters. The molecule has 1 aliphatic rings. The van der Waals surface area contributed by atoms with Crippen molar-refractivity contribution in [1.82, 2.24) is 5.32 Å². The van der Waals surface area contributed by atoms with Crippen molar-refractivity contribution in [3.8, 4) is 0 Å². The van der Waals surface area contributed by atoms with Crippen LogP contribution in [0.1, 0.15) is 14.8 Å². The minimum absolute atomic E-state index is 0. The lowest BCUT2D eigenvalue weighted by molar-refractivity contribution is 0.150. The monoisotopic (exact) mass is 117 g/mol. The summed E-state index contributed by atoms with van der Waals surface area (Å²) >= 11 is 0. The van der Waals surface area contributed by atoms with Crippen LogP contribution in [-0.2, 0) is 4.74 Å². The van der Waals surface area contributed by atoms with Gasteiger partial charge < -0.3 is 10.1 Å². The summed E-state index contributed by atoms with van der Waals surface area (Å²) in [7, 11) is 0. The Bertz CT molecular complexity index is 62.1. The highest BCUT2D eigenvalue weighted by Gasteiger charge is 2.03. The molecule has 0 aromatic rings. The van der Waals surface area contributed by atoms with Gasteiger partial charge in [-0.25, -0.2) is 0 Å². The van der Waals surface area contributed by atoms with Crippen LogP contribution in [0.3, 0.4) is 0 Å². The number of rotatable bonds is 0. The lowest BCUT2D eigenvalue weighted by Gasteiger charge is -2.05. The topological polar surface area (TPSA) is 21.3 Å². The third-order valence-corrected chi connectivity index (χ3v) is 1.43. The van der Waals surface area contributed by atoms with Gasteiger partial charge in [0.2, 0.25) is 0 Å². The molecule has 1 fully saturated rings. The summed E-state index contributed by atoms with van der Waals surface area (Å²) in [6.45, 7) is 5.01. The Morgan fingerprint density at radius 2 is 2.50 bits per heavy atom. The van der Waals surface area contributed by atoms with Crippen LogP contribution >= 0.6 is 0 Å². The molecule has 0 saturated carbocycles. The van der Waals surface area contributed by atoms with Crippen molar-refractivity contribution in [3.63, 3.8) is 0 Å². The number of nitrogens with one attached hydrogen (secondary N) is 1. The van der Waals surface area contributed by atoms with Gasteiger partial charge in [0.15, 0.2) is 0 Å². The Kier molecular flexibility index (Phi) is 2.30. The van der Waals surface area contributed by atoms with E-state index in [9.17, 15) is 0 Å². The summed E-state index contributed by atoms with van der Waals surface area (Å²) in [4.78, 5) is 0. The standard InChI is InChI=1S/C6H13NO.H2/c1-6-2-4-8-5-3-7-6;/h6-7H,2-5H2,1H3;1H/t6-;/m0./s1. The van der Waals surface area contributed by atoms with Crippen molar-refractivity contribution in [2.45, 2.75) is 19.4 Å². The summed E-state index contributed by atoms with van der Waals surface area (Å²) < 4.78 is 5.20. The van der Waals surface area contributed by atoms with Crippen LogP contribution in [0.4, 0.5) is 0 Å². The molecule has 1 aliphatic heterocycles. The Morgan fingerprint density at radius 1 is 1.62 bits per heavy atom. The van der Waals surface area contributed by atoms with Crippen LogP contribution in [0.15, 0.2) is 0 Å². The first-order valence-corrected chi connectivity index (χ1v) is 3.21. The van der Waals surface area contributed by atoms with Crippen LogP contribution < -0.4 is 5.32 Å². The second-order valence-corrected chi connectivity index (χ2v) is 2.26. The smallest absolute Gasteiger partial charge is 0.0591 e. The van der Waals surface area contributed by atoms with Crippen LogP contribution in [0.25, 0.3) is 0 Å². The van der Waals surface area contributed by atoms with E-state index in [4.69, 9.17) is 4.74 Å². The fraction of sp³-hybridized carbons (Fsp3) is 1.00. The Hall–Kier alpha value is -0.0800. The molecule has 1 heterocycles. The molecule has 1 atom stereocenters. The third kappa shape index (κ3) is 1.80. The van der Waals surface area contributed by atoms with Crippen molar-refractivity contribution < 1.29 is 6.16 Å². The highest BCUT2D eigenvalue weighted by Crippen LogP contribution is 1.94. The zero-order valence-electron chi connectivity index (χ0n) is 5.31. The maximum Gasteiger partial charge on any atom is 0.0591 e. The molecule has 0 aliphatic carbocycles. The van der Waals surface area contributed by atoms with Gasteiger partial charge in [0, 0.05) is 20.6 Å². The van der Waals surface area contributed by atoms with Gasteiger partial charge in [-0.2, -0.15) is 0 Å². The van der Waals surface area contributed by atoms with Crippen molar-refractivity contribution in [3.05, 3.63) is 0 Å². The number of hydrogen-bond donors (Lipinski definition) is 1. The van der Waals surface area contributed by atoms with E-state index in [-0.39, 0.29) is 1.43 Å². The molecule has 0 radical (unpaired) electrons. The van der Waals surface area contributed by atoms with Crippen molar-refractivity contribution >= 4 is 0 Å². The summed E-state index contributed by atoms with van der Waals surface area (Å²) in [6, 6.07) is 0.650. The molecule has 0 aromatic carbocycles. The first-order valence-electron chi connectivity index (χ1n) is 3.21. The van der Waals surface area contributed by atoms with Crippen LogP contribution in [0.2, 0.25) is 0 Å². The minimum atomic E-state index is 0. The molecule has 50 valence electrons. The Morgan fingerprint density at radius 3 is 3.38 bits per heavy atom. The SMILES string of the molecule is C[C@H]1CCOCCN1.[HH]. The van der Waals surface area contributed by atoms with Gasteiger partial charge in [-0.3, -0.25) is 0 Å². The second-order valence-electron chi connectivity index (χ2n) is 2.26. The van der Waals surface area contributed by atoms with Gasteiger partial charge in [-0.1, -0.05) is 0 Å². The highest BCUT2D eigenvalue weighted by molar-refractivity contribution is 4.62. The predicted octanol–water partition coefficient (Wildman–Crippen LogP) is 0.631. The van der Waals surface area contributed by atoms with E-state index >= 15 is 0 Å². The van der Waals surface area contributed by atoms with Crippen LogP contribution in [-0.4, -0.2) is 25.8 Å². The highest BCUT2D eigenvalue weighted by atomic mass is 16.5. The van der Waals surface area contributed by atoms with Gasteiger partial charge in [0.05, 0.1) is 6.61 Å². The second kappa shape index (κ2) is 3.05. The van der Waals surface area contributed by atoms with Crippen LogP contribution in [0.5, 0.6) is 0 Å². The molecular formula is C6H15NO. The Balaban J connectivity index is 0.000000640. The van der Waals surface area contributed by atoms with Crippen LogP contribution in [0, 0.1) is 0 Å². The van der Waals surface area contributed by atoms with Crippen molar-refractivity contribution in [2.75, 3.05) is 19.8 Å². The maximum atomic E-state index is 5.20. The predicted molar refractivity (Wildman–Crippen MR) is 35.0 cm³/mol. The first kappa shape index (κ1) is 6.05. The molecule has 1 rings (SSSR count). The zero-order valence-corrected chi connectivity index (χ0v) is 5.31. The molecule has 2 nitrogen and oxygen atoms in total. The van der Waals surface area contributed by atoms with Crippen molar-refractivity contribution in [2.24, 2.45) is 0 Å². The summed E-state index contributed by atoms with van der Waals surface area (Å²) in [5.74, 6) is 0. The average molecular weight is 117 g/mol. The minimum Gasteiger partial charge on any atom is -0.380 e. The van der Waals surface area contributed by atoms with E-state index in [0.717, 1.165) is 26.2 Å². The van der Waals surface area contributed by atoms with E-state index in [1.54, 1.807) is 0 Å². The maximum absolute atomic E-state index is 5.20. The molecule has 1 saturated heterocycles. The molecule has 8 heavy (non-hydrogen) atoms. The van der Waals surface area contributed by atoms with E-state index in [2.05, 4.69) is 12.2 Å². The van der Waals surface area contributed by atoms with Gasteiger partial charge >= 0.3 is 0 Å². The molecule has 0 bridgehead atoms. The molecule has 0 aromatic heterocycles. The van der Waals surface area contributed by atoms with E-state index in [1.807, 2.05) is 0 Å². The summed E-state index contributed by atoms with van der Waals surface area (Å²) in [5, 5.41) is 3.32. The van der Waals surface area contributed by atoms with E-state index < -0.39 is 0 Å². The van der Waals surface area contributed by atoms with E-state index in [1.165, 1.54) is 0 Å². The lowest BCUT2D eigenvalue weighted by Crippen LogP contribution is -2.25. The summed E-state index contributed by atoms with van der Waals surface area (Å²) in [5.41, 5.74) is 0. The number of hydrogen-bond acceptors (Lipinski definition) is 2. The van der Waals surface area contributed by atoms with Crippen molar-refractivity contribution in [1.29, 1.82) is 0 Å². The van der Waals surface area contributed by atoms with Gasteiger partial charge in [0.1, 0.15) is 0 Å². The average Bonchev–Trinajstić information content (AvgIpc) is 1.94. The molecular weight excluding hydrogens is 102 g/mol. The molecule has 2 heteroatoms. The molecule has 0 amide bonds. The fourth-order valence-corrected chi connectivity index (χ4v) is 0.842. The fourth-order valence-electron chi connectivity index (χ4n) is 0.842. The first-order chi connectivity index (χ1) is 3.89. The summed E-state index contributed by atoms with van der Waals surface area (Å²) in [6.07, 6.45) is 1.15. The molecule has 0 spiro atoms. The largest absolute Gasteiger partial charge is 0.380 e. The van der Waals surface area contributed by atoms with Gasteiger partial charge in [0.25, 0.3) is 0 Å². The zero-order chi connectivity index (χ0) is 5.82. The number of ether oxygens (including phenoxy) is 1. The van der Waals surface area contributed by atoms with Gasteiger partial charge in [-0.05, 0) is 13.3 Å². The van der Waals surface area contributed by atoms with Gasteiger partial charge in [-0.15, -0.1) is 0 Å². The molecule has 1 N–H and O–H groups in total. The third-order valence-electron chi connectivity index (χ3n) is 1.43.